The third-order valence-electron chi connectivity index (χ3n) is 2.31. The van der Waals surface area contributed by atoms with Gasteiger partial charge in [-0.2, -0.15) is 0 Å². The Kier molecular flexibility index (Phi) is 3.59. The zero-order chi connectivity index (χ0) is 10.7. The van der Waals surface area contributed by atoms with E-state index >= 15 is 0 Å². The van der Waals surface area contributed by atoms with Gasteiger partial charge in [0.05, 0.1) is 11.1 Å². The second-order valence-corrected chi connectivity index (χ2v) is 4.39. The maximum atomic E-state index is 13.2. The summed E-state index contributed by atoms with van der Waals surface area (Å²) in [5.74, 6) is 0.260. The summed E-state index contributed by atoms with van der Waals surface area (Å²) in [7, 11) is 0. The zero-order valence-corrected chi connectivity index (χ0v) is 9.80. The van der Waals surface area contributed by atoms with E-state index in [4.69, 9.17) is 9.47 Å². The molecule has 2 nitrogen and oxygen atoms in total. The number of halogens is 2. The van der Waals surface area contributed by atoms with Gasteiger partial charge in [0.15, 0.2) is 0 Å². The molecular formula is C11H12BrFO2. The Morgan fingerprint density at radius 1 is 1.47 bits per heavy atom. The van der Waals surface area contributed by atoms with Crippen molar-refractivity contribution in [1.29, 1.82) is 0 Å². The van der Waals surface area contributed by atoms with E-state index in [1.54, 1.807) is 12.1 Å². The highest BCUT2D eigenvalue weighted by Crippen LogP contribution is 2.23. The van der Waals surface area contributed by atoms with Crippen LogP contribution in [-0.2, 0) is 4.74 Å². The lowest BCUT2D eigenvalue weighted by atomic mass is 10.2. The summed E-state index contributed by atoms with van der Waals surface area (Å²) >= 11 is 3.10. The molecule has 82 valence electrons. The predicted octanol–water partition coefficient (Wildman–Crippen LogP) is 3.15. The summed E-state index contributed by atoms with van der Waals surface area (Å²) in [6, 6.07) is 4.79. The third-order valence-corrected chi connectivity index (χ3v) is 2.96. The van der Waals surface area contributed by atoms with E-state index in [-0.39, 0.29) is 11.9 Å². The van der Waals surface area contributed by atoms with E-state index in [9.17, 15) is 4.39 Å². The first-order valence-electron chi connectivity index (χ1n) is 4.95. The van der Waals surface area contributed by atoms with Crippen molar-refractivity contribution in [1.82, 2.24) is 0 Å². The minimum Gasteiger partial charge on any atom is -0.488 e. The van der Waals surface area contributed by atoms with E-state index in [1.807, 2.05) is 0 Å². The van der Waals surface area contributed by atoms with Crippen LogP contribution in [0.15, 0.2) is 22.7 Å². The SMILES string of the molecule is Fc1cc(OC2CCCOC2)ccc1Br. The lowest BCUT2D eigenvalue weighted by molar-refractivity contribution is 0.00730. The minimum atomic E-state index is -0.302. The second-order valence-electron chi connectivity index (χ2n) is 3.53. The number of ether oxygens (including phenoxy) is 2. The van der Waals surface area contributed by atoms with Crippen molar-refractivity contribution < 1.29 is 13.9 Å². The van der Waals surface area contributed by atoms with E-state index in [0.717, 1.165) is 19.4 Å². The number of benzene rings is 1. The van der Waals surface area contributed by atoms with Gasteiger partial charge in [-0.1, -0.05) is 0 Å². The van der Waals surface area contributed by atoms with Gasteiger partial charge < -0.3 is 9.47 Å². The maximum absolute atomic E-state index is 13.2. The Hall–Kier alpha value is -0.610. The van der Waals surface area contributed by atoms with Gasteiger partial charge in [-0.15, -0.1) is 0 Å². The van der Waals surface area contributed by atoms with Gasteiger partial charge in [-0.05, 0) is 40.9 Å². The molecule has 0 radical (unpaired) electrons. The molecule has 1 saturated heterocycles. The average molecular weight is 275 g/mol. The first-order valence-corrected chi connectivity index (χ1v) is 5.74. The summed E-state index contributed by atoms with van der Waals surface area (Å²) in [5, 5.41) is 0. The van der Waals surface area contributed by atoms with Crippen LogP contribution in [0.3, 0.4) is 0 Å². The first kappa shape index (κ1) is 10.9. The Labute approximate surface area is 96.5 Å². The van der Waals surface area contributed by atoms with Gasteiger partial charge >= 0.3 is 0 Å². The molecule has 1 aliphatic rings. The summed E-state index contributed by atoms with van der Waals surface area (Å²) in [6.45, 7) is 1.40. The molecule has 0 spiro atoms. The average Bonchev–Trinajstić information content (AvgIpc) is 2.25. The minimum absolute atomic E-state index is 0.0549. The maximum Gasteiger partial charge on any atom is 0.141 e. The second kappa shape index (κ2) is 4.94. The molecule has 0 aliphatic carbocycles. The fourth-order valence-electron chi connectivity index (χ4n) is 1.55. The van der Waals surface area contributed by atoms with Crippen LogP contribution >= 0.6 is 15.9 Å². The van der Waals surface area contributed by atoms with Crippen molar-refractivity contribution in [2.24, 2.45) is 0 Å². The number of hydrogen-bond donors (Lipinski definition) is 0. The van der Waals surface area contributed by atoms with Crippen LogP contribution in [0.5, 0.6) is 5.75 Å². The normalized spacial score (nSPS) is 21.3. The molecule has 1 fully saturated rings. The molecule has 1 aromatic carbocycles. The van der Waals surface area contributed by atoms with Crippen molar-refractivity contribution in [3.8, 4) is 5.75 Å². The fourth-order valence-corrected chi connectivity index (χ4v) is 1.79. The van der Waals surface area contributed by atoms with Crippen molar-refractivity contribution in [2.45, 2.75) is 18.9 Å². The molecule has 4 heteroatoms. The van der Waals surface area contributed by atoms with E-state index in [1.165, 1.54) is 6.07 Å². The number of hydrogen-bond acceptors (Lipinski definition) is 2. The van der Waals surface area contributed by atoms with E-state index in [2.05, 4.69) is 15.9 Å². The quantitative estimate of drug-likeness (QED) is 0.825. The van der Waals surface area contributed by atoms with Gasteiger partial charge in [0.25, 0.3) is 0 Å². The molecule has 0 amide bonds. The van der Waals surface area contributed by atoms with Crippen molar-refractivity contribution in [2.75, 3.05) is 13.2 Å². The van der Waals surface area contributed by atoms with Crippen LogP contribution < -0.4 is 4.74 Å². The molecular weight excluding hydrogens is 263 g/mol. The largest absolute Gasteiger partial charge is 0.488 e. The molecule has 0 bridgehead atoms. The van der Waals surface area contributed by atoms with E-state index < -0.39 is 0 Å². The summed E-state index contributed by atoms with van der Waals surface area (Å²) in [4.78, 5) is 0. The highest BCUT2D eigenvalue weighted by Gasteiger charge is 2.15. The summed E-state index contributed by atoms with van der Waals surface area (Å²) in [5.41, 5.74) is 0. The first-order chi connectivity index (χ1) is 7.25. The highest BCUT2D eigenvalue weighted by atomic mass is 79.9. The van der Waals surface area contributed by atoms with Crippen molar-refractivity contribution in [3.63, 3.8) is 0 Å². The monoisotopic (exact) mass is 274 g/mol. The summed E-state index contributed by atoms with van der Waals surface area (Å²) in [6.07, 6.45) is 2.03. The van der Waals surface area contributed by atoms with Gasteiger partial charge in [0.1, 0.15) is 17.7 Å². The van der Waals surface area contributed by atoms with Crippen LogP contribution in [0.4, 0.5) is 4.39 Å². The van der Waals surface area contributed by atoms with Gasteiger partial charge in [-0.3, -0.25) is 0 Å². The van der Waals surface area contributed by atoms with Crippen LogP contribution in [-0.4, -0.2) is 19.3 Å². The lowest BCUT2D eigenvalue weighted by Crippen LogP contribution is -2.27. The molecule has 1 unspecified atom stereocenters. The Balaban J connectivity index is 2.00. The van der Waals surface area contributed by atoms with Crippen molar-refractivity contribution >= 4 is 15.9 Å². The molecule has 0 N–H and O–H groups in total. The molecule has 1 aromatic rings. The van der Waals surface area contributed by atoms with Gasteiger partial charge in [0.2, 0.25) is 0 Å². The smallest absolute Gasteiger partial charge is 0.141 e. The highest BCUT2D eigenvalue weighted by molar-refractivity contribution is 9.10. The molecule has 1 aliphatic heterocycles. The van der Waals surface area contributed by atoms with Crippen LogP contribution in [0.25, 0.3) is 0 Å². The standard InChI is InChI=1S/C11H12BrFO2/c12-10-4-3-8(6-11(10)13)15-9-2-1-5-14-7-9/h3-4,6,9H,1-2,5,7H2. The van der Waals surface area contributed by atoms with Crippen LogP contribution in [0, 0.1) is 5.82 Å². The molecule has 1 heterocycles. The molecule has 0 saturated carbocycles. The van der Waals surface area contributed by atoms with E-state index in [0.29, 0.717) is 16.8 Å². The van der Waals surface area contributed by atoms with Gasteiger partial charge in [0, 0.05) is 12.7 Å². The van der Waals surface area contributed by atoms with Crippen LogP contribution in [0.2, 0.25) is 0 Å². The Bertz CT molecular complexity index is 337. The fraction of sp³-hybridized carbons (Fsp3) is 0.455. The molecule has 2 rings (SSSR count). The molecule has 0 aromatic heterocycles. The third kappa shape index (κ3) is 2.92. The molecule has 15 heavy (non-hydrogen) atoms. The number of rotatable bonds is 2. The van der Waals surface area contributed by atoms with Gasteiger partial charge in [-0.25, -0.2) is 4.39 Å². The molecule has 1 atom stereocenters. The predicted molar refractivity (Wildman–Crippen MR) is 58.6 cm³/mol. The van der Waals surface area contributed by atoms with Crippen LogP contribution in [0.1, 0.15) is 12.8 Å². The lowest BCUT2D eigenvalue weighted by Gasteiger charge is -2.23. The Morgan fingerprint density at radius 3 is 3.00 bits per heavy atom. The van der Waals surface area contributed by atoms with Crippen molar-refractivity contribution in [3.05, 3.63) is 28.5 Å². The Morgan fingerprint density at radius 2 is 2.33 bits per heavy atom. The topological polar surface area (TPSA) is 18.5 Å². The zero-order valence-electron chi connectivity index (χ0n) is 8.21. The summed E-state index contributed by atoms with van der Waals surface area (Å²) < 4.78 is 24.5.